The normalized spacial score (nSPS) is 14.2. The van der Waals surface area contributed by atoms with Gasteiger partial charge in [0.05, 0.1) is 0 Å². The fourth-order valence-electron chi connectivity index (χ4n) is 2.34. The largest absolute Gasteiger partial charge is 0.321 e. The molecule has 2 aromatic carbocycles. The summed E-state index contributed by atoms with van der Waals surface area (Å²) in [7, 11) is 0. The summed E-state index contributed by atoms with van der Waals surface area (Å²) in [5.41, 5.74) is 9.88. The first-order valence-corrected chi connectivity index (χ1v) is 6.88. The Balaban J connectivity index is 2.27. The molecule has 0 heterocycles. The third-order valence-corrected chi connectivity index (χ3v) is 3.77. The molecule has 0 aromatic heterocycles. The van der Waals surface area contributed by atoms with Crippen molar-refractivity contribution in [3.05, 3.63) is 69.7 Å². The van der Waals surface area contributed by atoms with E-state index in [2.05, 4.69) is 78.3 Å². The smallest absolute Gasteiger partial charge is 0.0424 e. The lowest BCUT2D eigenvalue weighted by Crippen LogP contribution is -2.36. The molecule has 0 saturated carbocycles. The number of hydrogen-bond donors (Lipinski definition) is 1. The number of hydrogen-bond acceptors (Lipinski definition) is 1. The van der Waals surface area contributed by atoms with Gasteiger partial charge in [-0.15, -0.1) is 0 Å². The minimum absolute atomic E-state index is 0.334. The second kappa shape index (κ2) is 5.25. The van der Waals surface area contributed by atoms with E-state index in [1.165, 1.54) is 16.7 Å². The fraction of sp³-hybridized carbons (Fsp3) is 0.250. The Labute approximate surface area is 117 Å². The highest BCUT2D eigenvalue weighted by molar-refractivity contribution is 9.10. The number of halogens is 1. The second-order valence-corrected chi connectivity index (χ2v) is 5.95. The van der Waals surface area contributed by atoms with Crippen LogP contribution in [-0.4, -0.2) is 0 Å². The minimum atomic E-state index is -0.334. The Morgan fingerprint density at radius 2 is 1.67 bits per heavy atom. The molecule has 0 saturated heterocycles. The molecule has 0 radical (unpaired) electrons. The lowest BCUT2D eigenvalue weighted by molar-refractivity contribution is 0.488. The molecule has 2 heteroatoms. The molecule has 2 rings (SSSR count). The molecule has 18 heavy (non-hydrogen) atoms. The predicted molar refractivity (Wildman–Crippen MR) is 80.6 cm³/mol. The Bertz CT molecular complexity index is 529. The third-order valence-electron chi connectivity index (χ3n) is 3.24. The van der Waals surface area contributed by atoms with Crippen LogP contribution in [0.4, 0.5) is 0 Å². The van der Waals surface area contributed by atoms with Gasteiger partial charge in [0.2, 0.25) is 0 Å². The van der Waals surface area contributed by atoms with Crippen LogP contribution in [0.15, 0.2) is 53.0 Å². The van der Waals surface area contributed by atoms with E-state index in [0.717, 1.165) is 10.9 Å². The predicted octanol–water partition coefficient (Wildman–Crippen LogP) is 4.17. The Hall–Kier alpha value is -1.12. The van der Waals surface area contributed by atoms with Gasteiger partial charge in [-0.3, -0.25) is 0 Å². The van der Waals surface area contributed by atoms with Gasteiger partial charge >= 0.3 is 0 Å². The second-order valence-electron chi connectivity index (χ2n) is 5.04. The summed E-state index contributed by atoms with van der Waals surface area (Å²) in [4.78, 5) is 0. The van der Waals surface area contributed by atoms with Crippen molar-refractivity contribution in [3.8, 4) is 0 Å². The molecular formula is C16H18BrN. The van der Waals surface area contributed by atoms with E-state index in [9.17, 15) is 0 Å². The standard InChI is InChI=1S/C16H18BrN/c1-12-5-3-4-6-15(12)16(2,18)11-13-7-9-14(17)10-8-13/h3-10H,11,18H2,1-2H3. The molecule has 2 aromatic rings. The zero-order valence-corrected chi connectivity index (χ0v) is 12.4. The van der Waals surface area contributed by atoms with Gasteiger partial charge in [-0.05, 0) is 49.1 Å². The third kappa shape index (κ3) is 3.01. The summed E-state index contributed by atoms with van der Waals surface area (Å²) in [6.07, 6.45) is 0.838. The van der Waals surface area contributed by atoms with Gasteiger partial charge in [0, 0.05) is 10.0 Å². The molecule has 1 atom stereocenters. The van der Waals surface area contributed by atoms with Crippen LogP contribution in [0.1, 0.15) is 23.6 Å². The maximum absolute atomic E-state index is 6.50. The summed E-state index contributed by atoms with van der Waals surface area (Å²) in [6.45, 7) is 4.21. The first kappa shape index (κ1) is 13.3. The van der Waals surface area contributed by atoms with E-state index < -0.39 is 0 Å². The van der Waals surface area contributed by atoms with Crippen LogP contribution >= 0.6 is 15.9 Å². The van der Waals surface area contributed by atoms with Crippen molar-refractivity contribution in [1.29, 1.82) is 0 Å². The van der Waals surface area contributed by atoms with E-state index in [1.54, 1.807) is 0 Å². The summed E-state index contributed by atoms with van der Waals surface area (Å²) in [6, 6.07) is 16.7. The molecule has 0 spiro atoms. The monoisotopic (exact) mass is 303 g/mol. The number of rotatable bonds is 3. The Morgan fingerprint density at radius 1 is 1.06 bits per heavy atom. The molecule has 0 bridgehead atoms. The first-order valence-electron chi connectivity index (χ1n) is 6.08. The number of aryl methyl sites for hydroxylation is 1. The molecule has 0 aliphatic heterocycles. The van der Waals surface area contributed by atoms with Crippen molar-refractivity contribution in [2.75, 3.05) is 0 Å². The Kier molecular flexibility index (Phi) is 3.88. The highest BCUT2D eigenvalue weighted by Crippen LogP contribution is 2.26. The lowest BCUT2D eigenvalue weighted by atomic mass is 9.84. The van der Waals surface area contributed by atoms with Gasteiger partial charge in [-0.25, -0.2) is 0 Å². The summed E-state index contributed by atoms with van der Waals surface area (Å²) < 4.78 is 1.10. The SMILES string of the molecule is Cc1ccccc1C(C)(N)Cc1ccc(Br)cc1. The Morgan fingerprint density at radius 3 is 2.28 bits per heavy atom. The van der Waals surface area contributed by atoms with Crippen molar-refractivity contribution in [2.45, 2.75) is 25.8 Å². The zero-order chi connectivity index (χ0) is 13.2. The van der Waals surface area contributed by atoms with E-state index in [0.29, 0.717) is 0 Å². The average Bonchev–Trinajstić information content (AvgIpc) is 2.32. The fourth-order valence-corrected chi connectivity index (χ4v) is 2.60. The van der Waals surface area contributed by atoms with Crippen LogP contribution in [0.25, 0.3) is 0 Å². The van der Waals surface area contributed by atoms with Gasteiger partial charge in [0.1, 0.15) is 0 Å². The van der Waals surface area contributed by atoms with E-state index in [-0.39, 0.29) is 5.54 Å². The quantitative estimate of drug-likeness (QED) is 0.904. The summed E-state index contributed by atoms with van der Waals surface area (Å²) in [5.74, 6) is 0. The van der Waals surface area contributed by atoms with E-state index >= 15 is 0 Å². The van der Waals surface area contributed by atoms with E-state index in [1.807, 2.05) is 0 Å². The molecule has 2 N–H and O–H groups in total. The zero-order valence-electron chi connectivity index (χ0n) is 10.8. The molecule has 0 aliphatic carbocycles. The maximum atomic E-state index is 6.50. The van der Waals surface area contributed by atoms with Crippen LogP contribution in [0, 0.1) is 6.92 Å². The van der Waals surface area contributed by atoms with Crippen molar-refractivity contribution < 1.29 is 0 Å². The van der Waals surface area contributed by atoms with Crippen LogP contribution < -0.4 is 5.73 Å². The molecule has 1 unspecified atom stereocenters. The van der Waals surface area contributed by atoms with Crippen LogP contribution in [0.3, 0.4) is 0 Å². The van der Waals surface area contributed by atoms with Crippen LogP contribution in [0.2, 0.25) is 0 Å². The number of nitrogens with two attached hydrogens (primary N) is 1. The van der Waals surface area contributed by atoms with Crippen molar-refractivity contribution in [2.24, 2.45) is 5.73 Å². The van der Waals surface area contributed by atoms with Crippen molar-refractivity contribution in [1.82, 2.24) is 0 Å². The lowest BCUT2D eigenvalue weighted by Gasteiger charge is -2.27. The molecular weight excluding hydrogens is 286 g/mol. The van der Waals surface area contributed by atoms with Crippen LogP contribution in [-0.2, 0) is 12.0 Å². The minimum Gasteiger partial charge on any atom is -0.321 e. The highest BCUT2D eigenvalue weighted by Gasteiger charge is 2.23. The number of benzene rings is 2. The van der Waals surface area contributed by atoms with Crippen molar-refractivity contribution in [3.63, 3.8) is 0 Å². The van der Waals surface area contributed by atoms with Gasteiger partial charge in [-0.2, -0.15) is 0 Å². The molecule has 0 amide bonds. The topological polar surface area (TPSA) is 26.0 Å². The van der Waals surface area contributed by atoms with Gasteiger partial charge in [0.15, 0.2) is 0 Å². The van der Waals surface area contributed by atoms with Gasteiger partial charge < -0.3 is 5.73 Å². The first-order chi connectivity index (χ1) is 8.49. The molecule has 0 fully saturated rings. The molecule has 1 nitrogen and oxygen atoms in total. The van der Waals surface area contributed by atoms with Gasteiger partial charge in [0.25, 0.3) is 0 Å². The van der Waals surface area contributed by atoms with Gasteiger partial charge in [-0.1, -0.05) is 52.3 Å². The van der Waals surface area contributed by atoms with Crippen molar-refractivity contribution >= 4 is 15.9 Å². The maximum Gasteiger partial charge on any atom is 0.0424 e. The summed E-state index contributed by atoms with van der Waals surface area (Å²) in [5, 5.41) is 0. The van der Waals surface area contributed by atoms with E-state index in [4.69, 9.17) is 5.73 Å². The summed E-state index contributed by atoms with van der Waals surface area (Å²) >= 11 is 3.45. The molecule has 0 aliphatic rings. The highest BCUT2D eigenvalue weighted by atomic mass is 79.9. The molecule has 94 valence electrons. The average molecular weight is 304 g/mol. The van der Waals surface area contributed by atoms with Crippen LogP contribution in [0.5, 0.6) is 0 Å².